The zero-order valence-corrected chi connectivity index (χ0v) is 80.4. The number of nitrogens with two attached hydrogens (primary N) is 3. The molecule has 1 saturated heterocycles. The lowest BCUT2D eigenvalue weighted by atomic mass is 9.98. The van der Waals surface area contributed by atoms with E-state index in [-0.39, 0.29) is 94.0 Å². The molecule has 0 bridgehead atoms. The lowest BCUT2D eigenvalue weighted by Crippen LogP contribution is -2.62. The lowest BCUT2D eigenvalue weighted by Gasteiger charge is -2.32. The van der Waals surface area contributed by atoms with E-state index in [1.54, 1.807) is 114 Å². The van der Waals surface area contributed by atoms with Crippen molar-refractivity contribution in [3.63, 3.8) is 0 Å². The van der Waals surface area contributed by atoms with Gasteiger partial charge >= 0.3 is 5.97 Å². The molecule has 16 amide bonds. The topological polar surface area (TPSA) is 688 Å². The van der Waals surface area contributed by atoms with Gasteiger partial charge in [0.15, 0.2) is 11.9 Å². The molecular formula is C92H132ClN23O20S. The van der Waals surface area contributed by atoms with E-state index in [0.29, 0.717) is 44.4 Å². The fraction of sp³-hybridized carbons (Fsp3) is 0.511. The number of phenols is 1. The lowest BCUT2D eigenvalue weighted by molar-refractivity contribution is -0.143. The zero-order chi connectivity index (χ0) is 102. The van der Waals surface area contributed by atoms with Gasteiger partial charge in [-0.15, -0.1) is 11.8 Å². The van der Waals surface area contributed by atoms with Crippen LogP contribution in [0.5, 0.6) is 5.75 Å². The SMILES string of the molecule is CC(C)C[C@@H]1NC(=O)[C@H](CCCNC(=N)N)NC(=O)[C@@H](CC(C)C)NC(=O)[C@H](C)N(C)C(=O)[C@H](CCCNC(=N)N)NC(=O)[C@H](Cc2ccc(Cl)cc2)NC(=O)[C@H](C(C)C)NC(=O)[C@H](Cc2c[nH]c3ccccc23)NC(=O)[C@H](CC(=O)O)NC(=O)[C@H](Cc2ccc(O)cc2)NC(=O)[C@H](Cc2ccccc2)NC(=O)CSC[C@@H](C(=O)N[C@@H](C)C(N)=O)NC(=O)[C@H]([C@@H](C)O)NC(=O)[C@H](C(C)C)NC1=O. The normalized spacial score (nSPS) is 23.4. The number of aliphatic hydroxyl groups is 1. The molecule has 1 aromatic heterocycles. The number of aromatic amines is 1. The van der Waals surface area contributed by atoms with Crippen molar-refractivity contribution in [2.45, 2.75) is 244 Å². The second-order valence-corrected chi connectivity index (χ2v) is 36.9. The average molecular weight is 1950 g/mol. The van der Waals surface area contributed by atoms with E-state index in [4.69, 9.17) is 39.6 Å². The maximum absolute atomic E-state index is 15.4. The van der Waals surface area contributed by atoms with Crippen LogP contribution in [0.1, 0.15) is 143 Å². The van der Waals surface area contributed by atoms with Crippen molar-refractivity contribution in [2.24, 2.45) is 40.9 Å². The number of nitrogens with zero attached hydrogens (tertiary/aromatic N) is 1. The number of carboxylic acid groups (broad SMARTS) is 1. The molecule has 0 aliphatic carbocycles. The second kappa shape index (κ2) is 54.8. The van der Waals surface area contributed by atoms with Gasteiger partial charge in [-0.1, -0.05) is 140 Å². The van der Waals surface area contributed by atoms with Gasteiger partial charge in [-0.25, -0.2) is 0 Å². The largest absolute Gasteiger partial charge is 0.508 e. The molecule has 4 aromatic carbocycles. The van der Waals surface area contributed by atoms with Gasteiger partial charge in [0, 0.05) is 73.7 Å². The number of para-hydroxylation sites is 1. The number of carboxylic acids is 1. The summed E-state index contributed by atoms with van der Waals surface area (Å²) >= 11 is 7.04. The van der Waals surface area contributed by atoms with E-state index in [0.717, 1.165) is 11.8 Å². The number of rotatable bonds is 28. The van der Waals surface area contributed by atoms with Gasteiger partial charge in [0.1, 0.15) is 96.4 Å². The summed E-state index contributed by atoms with van der Waals surface area (Å²) in [6.45, 7) is 16.8. The summed E-state index contributed by atoms with van der Waals surface area (Å²) in [6, 6.07) is 2.15. The Labute approximate surface area is 803 Å². The predicted octanol–water partition coefficient (Wildman–Crippen LogP) is -1.53. The van der Waals surface area contributed by atoms with Gasteiger partial charge in [-0.2, -0.15) is 0 Å². The van der Waals surface area contributed by atoms with Crippen LogP contribution in [0.25, 0.3) is 10.9 Å². The molecule has 0 unspecified atom stereocenters. The van der Waals surface area contributed by atoms with Gasteiger partial charge in [0.25, 0.3) is 0 Å². The Morgan fingerprint density at radius 1 is 0.482 bits per heavy atom. The van der Waals surface area contributed by atoms with Gasteiger partial charge < -0.3 is 127 Å². The van der Waals surface area contributed by atoms with Crippen molar-refractivity contribution in [3.8, 4) is 5.75 Å². The highest BCUT2D eigenvalue weighted by molar-refractivity contribution is 8.00. The fourth-order valence-electron chi connectivity index (χ4n) is 14.7. The molecule has 43 nitrogen and oxygen atoms in total. The summed E-state index contributed by atoms with van der Waals surface area (Å²) in [6.07, 6.45) is -3.24. The number of hydrogen-bond donors (Lipinski definition) is 25. The number of primary amides is 1. The quantitative estimate of drug-likeness (QED) is 0.0153. The molecule has 1 fully saturated rings. The van der Waals surface area contributed by atoms with Gasteiger partial charge in [0.2, 0.25) is 94.5 Å². The minimum absolute atomic E-state index is 0.00461. The second-order valence-electron chi connectivity index (χ2n) is 35.4. The summed E-state index contributed by atoms with van der Waals surface area (Å²) in [7, 11) is 1.25. The van der Waals surface area contributed by atoms with Crippen LogP contribution in [0.15, 0.2) is 109 Å². The minimum atomic E-state index is -2.08. The molecule has 45 heteroatoms. The van der Waals surface area contributed by atoms with Crippen molar-refractivity contribution < 1.29 is 96.8 Å². The monoisotopic (exact) mass is 1950 g/mol. The van der Waals surface area contributed by atoms with Crippen LogP contribution in [-0.4, -0.2) is 266 Å². The van der Waals surface area contributed by atoms with Crippen LogP contribution in [-0.2, 0) is 107 Å². The summed E-state index contributed by atoms with van der Waals surface area (Å²) in [5.74, 6) is -22.5. The molecule has 0 spiro atoms. The number of guanidine groups is 2. The molecule has 748 valence electrons. The van der Waals surface area contributed by atoms with Crippen molar-refractivity contribution in [3.05, 3.63) is 137 Å². The number of hydrogen-bond acceptors (Lipinski definition) is 22. The number of halogens is 1. The molecular weight excluding hydrogens is 1810 g/mol. The molecule has 1 aliphatic heterocycles. The standard InChI is InChI=1S/C92H132ClN23O20S/c1-46(2)36-63-79(125)104-61(24-18-34-99-91(95)96)78(124)107-64(37-47(3)4)84(130)114-74(49(7)8)88(134)115-75(52(11)117)89(135)112-70(86(132)102-50(9)76(94)122)44-137-45-71(119)103-65(38-53-20-14-13-15-21-53)80(126)108-66(40-55-28-32-58(118)33-29-55)82(128)110-69(42-72(120)121)83(129)109-68(41-56-43-101-60-23-17-16-22-59(56)60)85(131)113-73(48(5)6)87(133)111-67(39-54-26-30-57(93)31-27-54)81(127)105-62(25-19-35-100-92(97)98)90(136)116(12)51(10)77(123)106-63/h13-17,20-23,26-33,43,46-52,61-70,73-75,101,117-118H,18-19,24-25,34-42,44-45H2,1-12H3,(H2,94,122)(H,102,132)(H,103,119)(H,104,125)(H,105,127)(H,106,123)(H,107,124)(H,108,126)(H,109,129)(H,110,128)(H,111,133)(H,112,135)(H,113,131)(H,114,130)(H,115,134)(H,120,121)(H4,95,96,99)(H4,97,98,100)/t50-,51-,52+,61-,62-,63+,64-,65-,66-,67-,68-,69-,70-,73-,74-,75-/m0/s1. The molecule has 1 aliphatic rings. The Morgan fingerprint density at radius 2 is 0.883 bits per heavy atom. The molecule has 137 heavy (non-hydrogen) atoms. The van der Waals surface area contributed by atoms with Gasteiger partial charge in [-0.3, -0.25) is 92.3 Å². The highest BCUT2D eigenvalue weighted by Gasteiger charge is 2.42. The van der Waals surface area contributed by atoms with Crippen molar-refractivity contribution >= 4 is 147 Å². The van der Waals surface area contributed by atoms with E-state index in [9.17, 15) is 63.3 Å². The number of likely N-dealkylation sites (N-methyl/N-ethyl adjacent to an activating group) is 1. The smallest absolute Gasteiger partial charge is 0.305 e. The predicted molar refractivity (Wildman–Crippen MR) is 511 cm³/mol. The number of benzene rings is 4. The number of nitrogens with one attached hydrogen (secondary N) is 19. The van der Waals surface area contributed by atoms with Crippen molar-refractivity contribution in [1.82, 2.24) is 95.0 Å². The van der Waals surface area contributed by atoms with E-state index in [1.165, 1.54) is 71.1 Å². The Balaban J connectivity index is 1.50. The van der Waals surface area contributed by atoms with Gasteiger partial charge in [0.05, 0.1) is 18.3 Å². The maximum atomic E-state index is 15.4. The number of phenolic OH excluding ortho intramolecular Hbond substituents is 1. The maximum Gasteiger partial charge on any atom is 0.305 e. The highest BCUT2D eigenvalue weighted by atomic mass is 35.5. The van der Waals surface area contributed by atoms with Gasteiger partial charge in [-0.05, 0) is 136 Å². The van der Waals surface area contributed by atoms with E-state index >= 15 is 33.6 Å². The number of aromatic nitrogens is 1. The third-order valence-electron chi connectivity index (χ3n) is 22.4. The third-order valence-corrected chi connectivity index (χ3v) is 23.7. The Hall–Kier alpha value is -13.7. The molecule has 28 N–H and O–H groups in total. The molecule has 5 aromatic rings. The summed E-state index contributed by atoms with van der Waals surface area (Å²) in [4.78, 5) is 253. The Morgan fingerprint density at radius 3 is 1.39 bits per heavy atom. The number of fused-ring (bicyclic) bond motifs is 1. The van der Waals surface area contributed by atoms with Crippen molar-refractivity contribution in [1.29, 1.82) is 10.8 Å². The number of thioether (sulfide) groups is 1. The number of H-pyrrole nitrogens is 1. The van der Waals surface area contributed by atoms with Crippen molar-refractivity contribution in [2.75, 3.05) is 31.6 Å². The number of aromatic hydroxyl groups is 1. The molecule has 2 heterocycles. The summed E-state index contributed by atoms with van der Waals surface area (Å²) < 4.78 is 0. The van der Waals surface area contributed by atoms with Crippen LogP contribution in [0, 0.1) is 34.5 Å². The van der Waals surface area contributed by atoms with Crippen LogP contribution in [0.2, 0.25) is 5.02 Å². The van der Waals surface area contributed by atoms with Crippen LogP contribution < -0.4 is 102 Å². The number of amides is 16. The number of carbonyl (C=O) groups excluding carboxylic acids is 16. The first kappa shape index (κ1) is 112. The summed E-state index contributed by atoms with van der Waals surface area (Å²) in [5, 5.41) is 90.3. The highest BCUT2D eigenvalue weighted by Crippen LogP contribution is 2.23. The van der Waals surface area contributed by atoms with Crippen LogP contribution >= 0.6 is 23.4 Å². The molecule has 0 saturated carbocycles. The Kier molecular flexibility index (Phi) is 44.8. The molecule has 0 radical (unpaired) electrons. The van der Waals surface area contributed by atoms with E-state index in [2.05, 4.69) is 90.1 Å². The average Bonchev–Trinajstić information content (AvgIpc) is 1.72. The zero-order valence-electron chi connectivity index (χ0n) is 78.8. The van der Waals surface area contributed by atoms with E-state index in [1.807, 2.05) is 0 Å². The first-order valence-electron chi connectivity index (χ1n) is 45.1. The van der Waals surface area contributed by atoms with Crippen LogP contribution in [0.4, 0.5) is 0 Å². The fourth-order valence-corrected chi connectivity index (χ4v) is 15.6. The summed E-state index contributed by atoms with van der Waals surface area (Å²) in [5.41, 5.74) is 18.9. The molecule has 16 atom stereocenters. The number of aliphatic hydroxyl groups excluding tert-OH is 1. The number of carbonyl (C=O) groups is 17. The minimum Gasteiger partial charge on any atom is -0.508 e. The van der Waals surface area contributed by atoms with Crippen LogP contribution in [0.3, 0.4) is 0 Å². The molecule has 6 rings (SSSR count). The first-order chi connectivity index (χ1) is 64.6. The first-order valence-corrected chi connectivity index (χ1v) is 46.7. The third kappa shape index (κ3) is 37.2. The Bertz CT molecular complexity index is 5050. The van der Waals surface area contributed by atoms with E-state index < -0.39 is 245 Å². The number of aliphatic carboxylic acids is 1.